The number of esters is 1. The van der Waals surface area contributed by atoms with Crippen molar-refractivity contribution in [3.8, 4) is 11.5 Å². The summed E-state index contributed by atoms with van der Waals surface area (Å²) in [5.74, 6) is -0.0305. The summed E-state index contributed by atoms with van der Waals surface area (Å²) in [6.07, 6.45) is -0.341. The van der Waals surface area contributed by atoms with Gasteiger partial charge in [0.2, 0.25) is 0 Å². The van der Waals surface area contributed by atoms with Gasteiger partial charge in [-0.15, -0.1) is 0 Å². The smallest absolute Gasteiger partial charge is 0.306 e. The fourth-order valence-electron chi connectivity index (χ4n) is 2.53. The molecule has 0 aliphatic rings. The minimum Gasteiger partial charge on any atom is -0.493 e. The van der Waals surface area contributed by atoms with Crippen LogP contribution < -0.4 is 14.8 Å². The number of benzene rings is 2. The number of amides is 1. The number of carbonyl (C=O) groups excluding carboxylic acids is 2. The second-order valence-corrected chi connectivity index (χ2v) is 6.17. The van der Waals surface area contributed by atoms with Crippen molar-refractivity contribution in [2.24, 2.45) is 0 Å². The van der Waals surface area contributed by atoms with Crippen molar-refractivity contribution in [3.05, 3.63) is 59.4 Å². The lowest BCUT2D eigenvalue weighted by Crippen LogP contribution is -2.35. The Morgan fingerprint density at radius 3 is 2.29 bits per heavy atom. The van der Waals surface area contributed by atoms with E-state index in [4.69, 9.17) is 14.2 Å². The molecule has 2 rings (SSSR count). The Kier molecular flexibility index (Phi) is 7.80. The van der Waals surface area contributed by atoms with Gasteiger partial charge in [0.15, 0.2) is 17.6 Å². The molecular formula is C21H24FNO5. The van der Waals surface area contributed by atoms with Crippen LogP contribution >= 0.6 is 0 Å². The quantitative estimate of drug-likeness (QED) is 0.668. The lowest BCUT2D eigenvalue weighted by Gasteiger charge is -2.14. The van der Waals surface area contributed by atoms with Gasteiger partial charge in [-0.3, -0.25) is 9.59 Å². The maximum Gasteiger partial charge on any atom is 0.306 e. The summed E-state index contributed by atoms with van der Waals surface area (Å²) in [5.41, 5.74) is 1.64. The van der Waals surface area contributed by atoms with Crippen molar-refractivity contribution in [2.75, 3.05) is 14.2 Å². The van der Waals surface area contributed by atoms with E-state index in [1.165, 1.54) is 19.1 Å². The number of hydrogen-bond donors (Lipinski definition) is 1. The summed E-state index contributed by atoms with van der Waals surface area (Å²) < 4.78 is 28.5. The third kappa shape index (κ3) is 6.26. The van der Waals surface area contributed by atoms with Gasteiger partial charge in [-0.1, -0.05) is 18.2 Å². The summed E-state index contributed by atoms with van der Waals surface area (Å²) in [5, 5.41) is 2.66. The number of halogens is 1. The van der Waals surface area contributed by atoms with E-state index < -0.39 is 18.0 Å². The van der Waals surface area contributed by atoms with E-state index in [9.17, 15) is 14.0 Å². The molecule has 0 unspecified atom stereocenters. The van der Waals surface area contributed by atoms with Gasteiger partial charge in [-0.25, -0.2) is 4.39 Å². The van der Waals surface area contributed by atoms with Gasteiger partial charge in [0.05, 0.1) is 14.2 Å². The Morgan fingerprint density at radius 2 is 1.64 bits per heavy atom. The summed E-state index contributed by atoms with van der Waals surface area (Å²) in [4.78, 5) is 24.1. The van der Waals surface area contributed by atoms with Crippen molar-refractivity contribution >= 4 is 11.9 Å². The van der Waals surface area contributed by atoms with Crippen LogP contribution in [0.4, 0.5) is 4.39 Å². The zero-order chi connectivity index (χ0) is 20.5. The molecule has 0 fully saturated rings. The van der Waals surface area contributed by atoms with Crippen LogP contribution in [0.1, 0.15) is 24.5 Å². The van der Waals surface area contributed by atoms with Gasteiger partial charge in [0.1, 0.15) is 5.82 Å². The average molecular weight is 389 g/mol. The molecular weight excluding hydrogens is 365 g/mol. The Morgan fingerprint density at radius 1 is 1.00 bits per heavy atom. The van der Waals surface area contributed by atoms with Crippen LogP contribution in [0.25, 0.3) is 0 Å². The van der Waals surface area contributed by atoms with Crippen molar-refractivity contribution in [3.63, 3.8) is 0 Å². The van der Waals surface area contributed by atoms with Crippen LogP contribution in [0.2, 0.25) is 0 Å². The number of carbonyl (C=O) groups is 2. The second kappa shape index (κ2) is 10.3. The van der Waals surface area contributed by atoms with Gasteiger partial charge in [0.25, 0.3) is 5.91 Å². The number of nitrogens with one attached hydrogen (secondary N) is 1. The number of rotatable bonds is 9. The van der Waals surface area contributed by atoms with E-state index in [2.05, 4.69) is 5.32 Å². The van der Waals surface area contributed by atoms with Gasteiger partial charge >= 0.3 is 5.97 Å². The van der Waals surface area contributed by atoms with E-state index >= 15 is 0 Å². The first kappa shape index (κ1) is 21.2. The largest absolute Gasteiger partial charge is 0.493 e. The molecule has 28 heavy (non-hydrogen) atoms. The maximum atomic E-state index is 12.9. The summed E-state index contributed by atoms with van der Waals surface area (Å²) in [6, 6.07) is 11.2. The van der Waals surface area contributed by atoms with Crippen molar-refractivity contribution in [1.82, 2.24) is 5.32 Å². The van der Waals surface area contributed by atoms with Gasteiger partial charge < -0.3 is 19.5 Å². The lowest BCUT2D eigenvalue weighted by atomic mass is 10.1. The molecule has 6 nitrogen and oxygen atoms in total. The third-order valence-corrected chi connectivity index (χ3v) is 4.12. The summed E-state index contributed by atoms with van der Waals surface area (Å²) >= 11 is 0. The SMILES string of the molecule is COc1ccc(CCC(=O)O[C@H](C)C(=O)NCc2ccc(F)cc2)cc1OC. The predicted octanol–water partition coefficient (Wildman–Crippen LogP) is 3.02. The highest BCUT2D eigenvalue weighted by Gasteiger charge is 2.17. The molecule has 1 amide bonds. The Labute approximate surface area is 163 Å². The highest BCUT2D eigenvalue weighted by molar-refractivity contribution is 5.83. The van der Waals surface area contributed by atoms with Crippen molar-refractivity contribution < 1.29 is 28.2 Å². The van der Waals surface area contributed by atoms with Gasteiger partial charge in [-0.2, -0.15) is 0 Å². The van der Waals surface area contributed by atoms with Crippen LogP contribution in [0.5, 0.6) is 11.5 Å². The first-order valence-corrected chi connectivity index (χ1v) is 8.85. The standard InChI is InChI=1S/C21H24FNO5/c1-14(21(25)23-13-16-4-8-17(22)9-5-16)28-20(24)11-7-15-6-10-18(26-2)19(12-15)27-3/h4-6,8-10,12,14H,7,11,13H2,1-3H3,(H,23,25)/t14-/m1/s1. The molecule has 7 heteroatoms. The second-order valence-electron chi connectivity index (χ2n) is 6.17. The molecule has 0 radical (unpaired) electrons. The topological polar surface area (TPSA) is 73.9 Å². The monoisotopic (exact) mass is 389 g/mol. The fourth-order valence-corrected chi connectivity index (χ4v) is 2.53. The molecule has 2 aromatic rings. The number of aryl methyl sites for hydroxylation is 1. The zero-order valence-electron chi connectivity index (χ0n) is 16.2. The minimum absolute atomic E-state index is 0.130. The van der Waals surface area contributed by atoms with Crippen LogP contribution in [-0.4, -0.2) is 32.2 Å². The number of methoxy groups -OCH3 is 2. The van der Waals surface area contributed by atoms with Crippen LogP contribution in [-0.2, 0) is 27.3 Å². The Balaban J connectivity index is 1.78. The molecule has 0 aromatic heterocycles. The molecule has 1 N–H and O–H groups in total. The molecule has 2 aromatic carbocycles. The normalized spacial score (nSPS) is 11.4. The molecule has 0 spiro atoms. The van der Waals surface area contributed by atoms with Crippen molar-refractivity contribution in [2.45, 2.75) is 32.4 Å². The highest BCUT2D eigenvalue weighted by atomic mass is 19.1. The van der Waals surface area contributed by atoms with E-state index in [1.807, 2.05) is 6.07 Å². The van der Waals surface area contributed by atoms with Crippen LogP contribution in [0.15, 0.2) is 42.5 Å². The first-order chi connectivity index (χ1) is 13.4. The zero-order valence-corrected chi connectivity index (χ0v) is 16.2. The highest BCUT2D eigenvalue weighted by Crippen LogP contribution is 2.28. The van der Waals surface area contributed by atoms with Gasteiger partial charge in [-0.05, 0) is 48.7 Å². The van der Waals surface area contributed by atoms with Crippen molar-refractivity contribution in [1.29, 1.82) is 0 Å². The molecule has 0 aliphatic heterocycles. The van der Waals surface area contributed by atoms with E-state index in [-0.39, 0.29) is 18.8 Å². The van der Waals surface area contributed by atoms with E-state index in [1.54, 1.807) is 38.5 Å². The minimum atomic E-state index is -0.918. The number of hydrogen-bond acceptors (Lipinski definition) is 5. The first-order valence-electron chi connectivity index (χ1n) is 8.85. The summed E-state index contributed by atoms with van der Waals surface area (Å²) in [7, 11) is 3.10. The predicted molar refractivity (Wildman–Crippen MR) is 102 cm³/mol. The van der Waals surface area contributed by atoms with Gasteiger partial charge in [0, 0.05) is 13.0 Å². The van der Waals surface area contributed by atoms with Crippen LogP contribution in [0, 0.1) is 5.82 Å². The lowest BCUT2D eigenvalue weighted by molar-refractivity contribution is -0.154. The molecule has 0 saturated carbocycles. The average Bonchev–Trinajstić information content (AvgIpc) is 2.71. The molecule has 150 valence electrons. The van der Waals surface area contributed by atoms with E-state index in [0.717, 1.165) is 11.1 Å². The molecule has 0 saturated heterocycles. The van der Waals surface area contributed by atoms with Crippen LogP contribution in [0.3, 0.4) is 0 Å². The third-order valence-electron chi connectivity index (χ3n) is 4.12. The van der Waals surface area contributed by atoms with E-state index in [0.29, 0.717) is 17.9 Å². The fraction of sp³-hybridized carbons (Fsp3) is 0.333. The molecule has 0 heterocycles. The molecule has 0 aliphatic carbocycles. The number of ether oxygens (including phenoxy) is 3. The maximum absolute atomic E-state index is 12.9. The summed E-state index contributed by atoms with van der Waals surface area (Å²) in [6.45, 7) is 1.74. The Bertz CT molecular complexity index is 807. The Hall–Kier alpha value is -3.09. The molecule has 0 bridgehead atoms. The molecule has 1 atom stereocenters.